The minimum Gasteiger partial charge on any atom is -0.493 e. The molecule has 7 heteroatoms. The quantitative estimate of drug-likeness (QED) is 0.799. The van der Waals surface area contributed by atoms with Crippen LogP contribution >= 0.6 is 11.6 Å². The Kier molecular flexibility index (Phi) is 6.86. The molecule has 0 heterocycles. The van der Waals surface area contributed by atoms with Crippen LogP contribution in [0.4, 0.5) is 11.4 Å². The zero-order chi connectivity index (χ0) is 19.1. The summed E-state index contributed by atoms with van der Waals surface area (Å²) in [6.07, 6.45) is 0.149. The third-order valence-corrected chi connectivity index (χ3v) is 4.00. The smallest absolute Gasteiger partial charge is 0.226 e. The fraction of sp³-hybridized carbons (Fsp3) is 0.263. The first-order valence-corrected chi connectivity index (χ1v) is 8.38. The van der Waals surface area contributed by atoms with Crippen LogP contribution < -0.4 is 19.7 Å². The number of amides is 2. The van der Waals surface area contributed by atoms with E-state index in [1.807, 2.05) is 0 Å². The van der Waals surface area contributed by atoms with Gasteiger partial charge >= 0.3 is 0 Å². The summed E-state index contributed by atoms with van der Waals surface area (Å²) >= 11 is 5.82. The summed E-state index contributed by atoms with van der Waals surface area (Å²) in [5.74, 6) is 0.720. The molecule has 0 unspecified atom stereocenters. The van der Waals surface area contributed by atoms with E-state index in [0.717, 1.165) is 0 Å². The van der Waals surface area contributed by atoms with Gasteiger partial charge in [-0.2, -0.15) is 0 Å². The van der Waals surface area contributed by atoms with Crippen LogP contribution in [0.25, 0.3) is 0 Å². The van der Waals surface area contributed by atoms with Crippen molar-refractivity contribution in [2.24, 2.45) is 0 Å². The van der Waals surface area contributed by atoms with Gasteiger partial charge in [-0.3, -0.25) is 9.59 Å². The SMILES string of the molecule is COc1ccc(N(CCC(=O)Nc2ccc(Cl)cc2)C(C)=O)cc1OC. The number of benzene rings is 2. The van der Waals surface area contributed by atoms with Gasteiger partial charge in [0.1, 0.15) is 0 Å². The fourth-order valence-electron chi connectivity index (χ4n) is 2.43. The molecule has 6 nitrogen and oxygen atoms in total. The van der Waals surface area contributed by atoms with Crippen LogP contribution in [0.5, 0.6) is 11.5 Å². The first-order chi connectivity index (χ1) is 12.4. The Hall–Kier alpha value is -2.73. The van der Waals surface area contributed by atoms with Crippen molar-refractivity contribution >= 4 is 34.8 Å². The molecule has 0 aliphatic rings. The van der Waals surface area contributed by atoms with E-state index >= 15 is 0 Å². The maximum atomic E-state index is 12.2. The standard InChI is InChI=1S/C19H21ClN2O4/c1-13(23)22(16-8-9-17(25-2)18(12-16)26-3)11-10-19(24)21-15-6-4-14(20)5-7-15/h4-9,12H,10-11H2,1-3H3,(H,21,24). The summed E-state index contributed by atoms with van der Waals surface area (Å²) < 4.78 is 10.5. The molecule has 0 bridgehead atoms. The lowest BCUT2D eigenvalue weighted by Crippen LogP contribution is -2.32. The van der Waals surface area contributed by atoms with Crippen LogP contribution in [0.3, 0.4) is 0 Å². The van der Waals surface area contributed by atoms with Gasteiger partial charge in [-0.15, -0.1) is 0 Å². The van der Waals surface area contributed by atoms with Crippen molar-refractivity contribution in [2.45, 2.75) is 13.3 Å². The highest BCUT2D eigenvalue weighted by molar-refractivity contribution is 6.30. The molecule has 2 rings (SSSR count). The van der Waals surface area contributed by atoms with Gasteiger partial charge in [-0.05, 0) is 36.4 Å². The number of halogens is 1. The van der Waals surface area contributed by atoms with E-state index in [1.165, 1.54) is 18.9 Å². The first kappa shape index (κ1) is 19.6. The molecule has 0 aliphatic heterocycles. The van der Waals surface area contributed by atoms with Crippen LogP contribution in [0.2, 0.25) is 5.02 Å². The van der Waals surface area contributed by atoms with Crippen molar-refractivity contribution in [3.8, 4) is 11.5 Å². The second-order valence-electron chi connectivity index (χ2n) is 5.52. The van der Waals surface area contributed by atoms with Crippen LogP contribution in [0, 0.1) is 0 Å². The molecule has 26 heavy (non-hydrogen) atoms. The van der Waals surface area contributed by atoms with Crippen LogP contribution in [-0.2, 0) is 9.59 Å². The number of carbonyl (C=O) groups excluding carboxylic acids is 2. The fourth-order valence-corrected chi connectivity index (χ4v) is 2.56. The second kappa shape index (κ2) is 9.10. The number of ether oxygens (including phenoxy) is 2. The molecule has 2 aromatic rings. The molecule has 0 aromatic heterocycles. The maximum Gasteiger partial charge on any atom is 0.226 e. The van der Waals surface area contributed by atoms with Gasteiger partial charge in [0.05, 0.1) is 14.2 Å². The minimum atomic E-state index is -0.195. The lowest BCUT2D eigenvalue weighted by molar-refractivity contribution is -0.117. The average molecular weight is 377 g/mol. The van der Waals surface area contributed by atoms with Gasteiger partial charge in [-0.1, -0.05) is 11.6 Å². The van der Waals surface area contributed by atoms with Crippen molar-refractivity contribution in [3.05, 3.63) is 47.5 Å². The summed E-state index contributed by atoms with van der Waals surface area (Å²) in [4.78, 5) is 25.7. The van der Waals surface area contributed by atoms with Gasteiger partial charge in [0.2, 0.25) is 11.8 Å². The van der Waals surface area contributed by atoms with Crippen molar-refractivity contribution < 1.29 is 19.1 Å². The number of anilines is 2. The number of hydrogen-bond acceptors (Lipinski definition) is 4. The summed E-state index contributed by atoms with van der Waals surface area (Å²) in [5.41, 5.74) is 1.29. The number of carbonyl (C=O) groups is 2. The van der Waals surface area contributed by atoms with Gasteiger partial charge < -0.3 is 19.7 Å². The van der Waals surface area contributed by atoms with Gasteiger partial charge in [0.25, 0.3) is 0 Å². The zero-order valence-electron chi connectivity index (χ0n) is 14.9. The van der Waals surface area contributed by atoms with Crippen molar-refractivity contribution in [2.75, 3.05) is 31.0 Å². The van der Waals surface area contributed by atoms with Crippen molar-refractivity contribution in [3.63, 3.8) is 0 Å². The van der Waals surface area contributed by atoms with E-state index in [0.29, 0.717) is 27.9 Å². The van der Waals surface area contributed by atoms with E-state index in [1.54, 1.807) is 49.6 Å². The predicted molar refractivity (Wildman–Crippen MR) is 102 cm³/mol. The normalized spacial score (nSPS) is 10.2. The van der Waals surface area contributed by atoms with Crippen molar-refractivity contribution in [1.82, 2.24) is 0 Å². The van der Waals surface area contributed by atoms with Crippen LogP contribution in [0.15, 0.2) is 42.5 Å². The average Bonchev–Trinajstić information content (AvgIpc) is 2.63. The maximum absolute atomic E-state index is 12.2. The van der Waals surface area contributed by atoms with Crippen molar-refractivity contribution in [1.29, 1.82) is 0 Å². The predicted octanol–water partition coefficient (Wildman–Crippen LogP) is 3.74. The molecule has 0 fully saturated rings. The van der Waals surface area contributed by atoms with E-state index in [-0.39, 0.29) is 24.8 Å². The number of rotatable bonds is 7. The second-order valence-corrected chi connectivity index (χ2v) is 5.95. The largest absolute Gasteiger partial charge is 0.493 e. The summed E-state index contributed by atoms with van der Waals surface area (Å²) in [5, 5.41) is 3.37. The highest BCUT2D eigenvalue weighted by atomic mass is 35.5. The Balaban J connectivity index is 2.05. The molecule has 2 amide bonds. The van der Waals surface area contributed by atoms with E-state index < -0.39 is 0 Å². The Morgan fingerprint density at radius 2 is 1.69 bits per heavy atom. The molecular weight excluding hydrogens is 356 g/mol. The van der Waals surface area contributed by atoms with Crippen LogP contribution in [0.1, 0.15) is 13.3 Å². The molecule has 0 saturated carbocycles. The Morgan fingerprint density at radius 3 is 2.27 bits per heavy atom. The highest BCUT2D eigenvalue weighted by Crippen LogP contribution is 2.31. The lowest BCUT2D eigenvalue weighted by atomic mass is 10.2. The van der Waals surface area contributed by atoms with E-state index in [4.69, 9.17) is 21.1 Å². The van der Waals surface area contributed by atoms with E-state index in [2.05, 4.69) is 5.32 Å². The molecular formula is C19H21ClN2O4. The minimum absolute atomic E-state index is 0.149. The zero-order valence-corrected chi connectivity index (χ0v) is 15.7. The molecule has 138 valence electrons. The highest BCUT2D eigenvalue weighted by Gasteiger charge is 2.16. The van der Waals surface area contributed by atoms with E-state index in [9.17, 15) is 9.59 Å². The number of nitrogens with one attached hydrogen (secondary N) is 1. The summed E-state index contributed by atoms with van der Waals surface area (Å²) in [6.45, 7) is 1.69. The molecule has 0 spiro atoms. The van der Waals surface area contributed by atoms with Gasteiger partial charge in [-0.25, -0.2) is 0 Å². The molecule has 1 N–H and O–H groups in total. The molecule has 0 aliphatic carbocycles. The van der Waals surface area contributed by atoms with Gasteiger partial charge in [0, 0.05) is 42.4 Å². The monoisotopic (exact) mass is 376 g/mol. The Morgan fingerprint density at radius 1 is 1.04 bits per heavy atom. The third-order valence-electron chi connectivity index (χ3n) is 3.75. The Bertz CT molecular complexity index is 778. The van der Waals surface area contributed by atoms with Gasteiger partial charge in [0.15, 0.2) is 11.5 Å². The first-order valence-electron chi connectivity index (χ1n) is 8.00. The lowest BCUT2D eigenvalue weighted by Gasteiger charge is -2.22. The number of nitrogens with zero attached hydrogens (tertiary/aromatic N) is 1. The van der Waals surface area contributed by atoms with Crippen LogP contribution in [-0.4, -0.2) is 32.6 Å². The molecule has 0 saturated heterocycles. The number of methoxy groups -OCH3 is 2. The number of hydrogen-bond donors (Lipinski definition) is 1. The third kappa shape index (κ3) is 5.13. The topological polar surface area (TPSA) is 67.9 Å². The summed E-state index contributed by atoms with van der Waals surface area (Å²) in [6, 6.07) is 12.0. The summed E-state index contributed by atoms with van der Waals surface area (Å²) in [7, 11) is 3.07. The molecule has 0 radical (unpaired) electrons. The Labute approximate surface area is 157 Å². The molecule has 0 atom stereocenters. The molecule has 2 aromatic carbocycles.